The highest BCUT2D eigenvalue weighted by molar-refractivity contribution is 5.23. The summed E-state index contributed by atoms with van der Waals surface area (Å²) >= 11 is 0. The Balaban J connectivity index is 2.17. The Labute approximate surface area is 122 Å². The summed E-state index contributed by atoms with van der Waals surface area (Å²) in [6.07, 6.45) is 1.98. The zero-order chi connectivity index (χ0) is 14.8. The molecule has 1 aromatic carbocycles. The van der Waals surface area contributed by atoms with Gasteiger partial charge < -0.3 is 9.88 Å². The highest BCUT2D eigenvalue weighted by Crippen LogP contribution is 2.12. The molecule has 0 aliphatic rings. The minimum absolute atomic E-state index is 0.117. The second-order valence-electron chi connectivity index (χ2n) is 6.48. The largest absolute Gasteiger partial charge is 0.327 e. The number of nitrogens with zero attached hydrogens (tertiary/aromatic N) is 2. The minimum atomic E-state index is 0.117. The Morgan fingerprint density at radius 2 is 1.95 bits per heavy atom. The first-order valence-electron chi connectivity index (χ1n) is 7.17. The van der Waals surface area contributed by atoms with Gasteiger partial charge in [-0.1, -0.05) is 29.8 Å². The molecule has 0 atom stereocenters. The van der Waals surface area contributed by atoms with Crippen LogP contribution in [-0.2, 0) is 13.1 Å². The Bertz CT molecular complexity index is 576. The van der Waals surface area contributed by atoms with Gasteiger partial charge in [-0.3, -0.25) is 0 Å². The Morgan fingerprint density at radius 3 is 2.60 bits per heavy atom. The van der Waals surface area contributed by atoms with E-state index in [-0.39, 0.29) is 5.54 Å². The molecular weight excluding hydrogens is 246 g/mol. The number of imidazole rings is 1. The lowest BCUT2D eigenvalue weighted by molar-refractivity contribution is 0.416. The van der Waals surface area contributed by atoms with E-state index in [1.165, 1.54) is 16.8 Å². The van der Waals surface area contributed by atoms with E-state index in [0.29, 0.717) is 0 Å². The van der Waals surface area contributed by atoms with Gasteiger partial charge in [0.1, 0.15) is 5.82 Å². The van der Waals surface area contributed by atoms with Crippen LogP contribution >= 0.6 is 0 Å². The SMILES string of the molecule is Cc1cccc(Cn2c(CNC(C)(C)C)cnc2C)c1. The maximum absolute atomic E-state index is 4.46. The van der Waals surface area contributed by atoms with Crippen molar-refractivity contribution in [3.8, 4) is 0 Å². The van der Waals surface area contributed by atoms with Gasteiger partial charge in [0.05, 0.1) is 5.69 Å². The maximum atomic E-state index is 4.46. The third-order valence-electron chi connectivity index (χ3n) is 3.36. The van der Waals surface area contributed by atoms with Crippen molar-refractivity contribution >= 4 is 0 Å². The van der Waals surface area contributed by atoms with E-state index in [0.717, 1.165) is 18.9 Å². The molecule has 0 saturated heterocycles. The molecule has 1 aromatic heterocycles. The lowest BCUT2D eigenvalue weighted by atomic mass is 10.1. The van der Waals surface area contributed by atoms with Gasteiger partial charge in [-0.2, -0.15) is 0 Å². The number of hydrogen-bond donors (Lipinski definition) is 1. The van der Waals surface area contributed by atoms with Crippen molar-refractivity contribution in [3.05, 3.63) is 53.1 Å². The molecule has 0 bridgehead atoms. The van der Waals surface area contributed by atoms with Crippen LogP contribution in [0.3, 0.4) is 0 Å². The lowest BCUT2D eigenvalue weighted by Crippen LogP contribution is -2.35. The predicted octanol–water partition coefficient (Wildman–Crippen LogP) is 3.44. The van der Waals surface area contributed by atoms with Crippen LogP contribution in [0.4, 0.5) is 0 Å². The van der Waals surface area contributed by atoms with E-state index in [2.05, 4.69) is 73.8 Å². The van der Waals surface area contributed by atoms with Crippen LogP contribution in [0.2, 0.25) is 0 Å². The van der Waals surface area contributed by atoms with E-state index in [4.69, 9.17) is 0 Å². The summed E-state index contributed by atoms with van der Waals surface area (Å²) in [7, 11) is 0. The molecule has 0 saturated carbocycles. The number of rotatable bonds is 4. The molecule has 2 rings (SSSR count). The van der Waals surface area contributed by atoms with Crippen LogP contribution in [0.25, 0.3) is 0 Å². The van der Waals surface area contributed by atoms with Crippen molar-refractivity contribution in [3.63, 3.8) is 0 Å². The van der Waals surface area contributed by atoms with Crippen molar-refractivity contribution in [1.82, 2.24) is 14.9 Å². The van der Waals surface area contributed by atoms with Gasteiger partial charge >= 0.3 is 0 Å². The quantitative estimate of drug-likeness (QED) is 0.923. The van der Waals surface area contributed by atoms with Crippen molar-refractivity contribution < 1.29 is 0 Å². The van der Waals surface area contributed by atoms with Gasteiger partial charge in [-0.15, -0.1) is 0 Å². The Morgan fingerprint density at radius 1 is 1.20 bits per heavy atom. The zero-order valence-corrected chi connectivity index (χ0v) is 13.2. The lowest BCUT2D eigenvalue weighted by Gasteiger charge is -2.21. The molecule has 0 radical (unpaired) electrons. The second kappa shape index (κ2) is 5.80. The summed E-state index contributed by atoms with van der Waals surface area (Å²) in [6.45, 7) is 12.5. The first-order chi connectivity index (χ1) is 9.35. The third-order valence-corrected chi connectivity index (χ3v) is 3.36. The molecule has 0 fully saturated rings. The summed E-state index contributed by atoms with van der Waals surface area (Å²) in [5, 5.41) is 3.53. The smallest absolute Gasteiger partial charge is 0.106 e. The molecule has 3 nitrogen and oxygen atoms in total. The molecule has 0 aliphatic carbocycles. The van der Waals surface area contributed by atoms with Crippen LogP contribution in [0.15, 0.2) is 30.5 Å². The number of hydrogen-bond acceptors (Lipinski definition) is 2. The number of aromatic nitrogens is 2. The van der Waals surface area contributed by atoms with Crippen LogP contribution in [-0.4, -0.2) is 15.1 Å². The second-order valence-corrected chi connectivity index (χ2v) is 6.48. The average molecular weight is 271 g/mol. The number of nitrogens with one attached hydrogen (secondary N) is 1. The van der Waals surface area contributed by atoms with E-state index < -0.39 is 0 Å². The van der Waals surface area contributed by atoms with E-state index in [1.54, 1.807) is 0 Å². The summed E-state index contributed by atoms with van der Waals surface area (Å²) in [6, 6.07) is 8.66. The van der Waals surface area contributed by atoms with E-state index >= 15 is 0 Å². The molecule has 1 N–H and O–H groups in total. The number of benzene rings is 1. The Kier molecular flexibility index (Phi) is 4.29. The highest BCUT2D eigenvalue weighted by atomic mass is 15.1. The van der Waals surface area contributed by atoms with E-state index in [1.807, 2.05) is 6.20 Å². The summed E-state index contributed by atoms with van der Waals surface area (Å²) in [4.78, 5) is 4.46. The monoisotopic (exact) mass is 271 g/mol. The standard InChI is InChI=1S/C17H25N3/c1-13-7-6-8-15(9-13)12-20-14(2)18-10-16(20)11-19-17(3,4)5/h6-10,19H,11-12H2,1-5H3. The summed E-state index contributed by atoms with van der Waals surface area (Å²) in [5.41, 5.74) is 3.98. The molecular formula is C17H25N3. The molecule has 1 heterocycles. The van der Waals surface area contributed by atoms with E-state index in [9.17, 15) is 0 Å². The van der Waals surface area contributed by atoms with Crippen LogP contribution in [0.5, 0.6) is 0 Å². The van der Waals surface area contributed by atoms with Gasteiger partial charge in [0, 0.05) is 24.8 Å². The average Bonchev–Trinajstić information content (AvgIpc) is 2.68. The van der Waals surface area contributed by atoms with Gasteiger partial charge in [0.2, 0.25) is 0 Å². The topological polar surface area (TPSA) is 29.9 Å². The van der Waals surface area contributed by atoms with Gasteiger partial charge in [-0.05, 0) is 40.2 Å². The van der Waals surface area contributed by atoms with Crippen molar-refractivity contribution in [2.75, 3.05) is 0 Å². The Hall–Kier alpha value is -1.61. The summed E-state index contributed by atoms with van der Waals surface area (Å²) < 4.78 is 2.29. The third kappa shape index (κ3) is 3.94. The zero-order valence-electron chi connectivity index (χ0n) is 13.2. The van der Waals surface area contributed by atoms with Crippen LogP contribution in [0, 0.1) is 13.8 Å². The molecule has 20 heavy (non-hydrogen) atoms. The molecule has 0 amide bonds. The first-order valence-corrected chi connectivity index (χ1v) is 7.17. The van der Waals surface area contributed by atoms with Crippen molar-refractivity contribution in [1.29, 1.82) is 0 Å². The molecule has 3 heteroatoms. The highest BCUT2D eigenvalue weighted by Gasteiger charge is 2.12. The normalized spacial score (nSPS) is 11.8. The van der Waals surface area contributed by atoms with Gasteiger partial charge in [0.15, 0.2) is 0 Å². The number of aryl methyl sites for hydroxylation is 2. The minimum Gasteiger partial charge on any atom is -0.327 e. The van der Waals surface area contributed by atoms with Crippen molar-refractivity contribution in [2.24, 2.45) is 0 Å². The molecule has 0 aliphatic heterocycles. The predicted molar refractivity (Wildman–Crippen MR) is 83.8 cm³/mol. The van der Waals surface area contributed by atoms with Crippen LogP contribution in [0.1, 0.15) is 43.4 Å². The fraction of sp³-hybridized carbons (Fsp3) is 0.471. The fourth-order valence-electron chi connectivity index (χ4n) is 2.22. The molecule has 2 aromatic rings. The summed E-state index contributed by atoms with van der Waals surface area (Å²) in [5.74, 6) is 1.07. The maximum Gasteiger partial charge on any atom is 0.106 e. The molecule has 0 unspecified atom stereocenters. The fourth-order valence-corrected chi connectivity index (χ4v) is 2.22. The molecule has 108 valence electrons. The van der Waals surface area contributed by atoms with Crippen LogP contribution < -0.4 is 5.32 Å². The van der Waals surface area contributed by atoms with Crippen molar-refractivity contribution in [2.45, 2.75) is 53.2 Å². The molecule has 0 spiro atoms. The van der Waals surface area contributed by atoms with Gasteiger partial charge in [0.25, 0.3) is 0 Å². The van der Waals surface area contributed by atoms with Gasteiger partial charge in [-0.25, -0.2) is 4.98 Å². The first kappa shape index (κ1) is 14.8.